The highest BCUT2D eigenvalue weighted by molar-refractivity contribution is 7.99. The van der Waals surface area contributed by atoms with Crippen LogP contribution in [-0.4, -0.2) is 32.7 Å². The van der Waals surface area contributed by atoms with E-state index in [9.17, 15) is 4.57 Å². The van der Waals surface area contributed by atoms with Gasteiger partial charge in [0.1, 0.15) is 0 Å². The minimum atomic E-state index is -3.90. The molecule has 0 aliphatic rings. The van der Waals surface area contributed by atoms with E-state index in [0.717, 1.165) is 16.7 Å². The van der Waals surface area contributed by atoms with Crippen molar-refractivity contribution in [2.45, 2.75) is 44.2 Å². The van der Waals surface area contributed by atoms with Gasteiger partial charge in [0.2, 0.25) is 5.89 Å². The molecule has 0 fully saturated rings. The third kappa shape index (κ3) is 7.30. The SMILES string of the molecule is Cc1ccc(-c2nnc(SC(C)c3ccc(CNCCCP(=O)(O)O)cc3)o2)cc1C. The standard InChI is InChI=1S/C22H28N3O4PS/c1-15-5-8-20(13-16(15)2)21-24-25-22(29-21)31-17(3)19-9-6-18(7-10-19)14-23-11-4-12-30(26,27)28/h5-10,13,17,23H,4,11-12,14H2,1-3H3,(H2,26,27,28). The molecule has 3 rings (SSSR count). The Kier molecular flexibility index (Phi) is 8.08. The van der Waals surface area contributed by atoms with Crippen LogP contribution in [0, 0.1) is 13.8 Å². The molecule has 31 heavy (non-hydrogen) atoms. The summed E-state index contributed by atoms with van der Waals surface area (Å²) in [5.74, 6) is 0.526. The highest BCUT2D eigenvalue weighted by Crippen LogP contribution is 2.36. The summed E-state index contributed by atoms with van der Waals surface area (Å²) in [4.78, 5) is 17.7. The number of aryl methyl sites for hydroxylation is 2. The minimum absolute atomic E-state index is 0.0887. The van der Waals surface area contributed by atoms with Crippen LogP contribution in [-0.2, 0) is 11.1 Å². The molecule has 9 heteroatoms. The number of thioether (sulfide) groups is 1. The first-order valence-corrected chi connectivity index (χ1v) is 12.8. The zero-order chi connectivity index (χ0) is 22.4. The van der Waals surface area contributed by atoms with E-state index in [0.29, 0.717) is 30.6 Å². The largest absolute Gasteiger partial charge is 0.411 e. The Hall–Kier alpha value is -1.96. The first-order valence-electron chi connectivity index (χ1n) is 10.1. The molecular weight excluding hydrogens is 433 g/mol. The minimum Gasteiger partial charge on any atom is -0.411 e. The van der Waals surface area contributed by atoms with Gasteiger partial charge in [-0.2, -0.15) is 0 Å². The predicted octanol–water partition coefficient (Wildman–Crippen LogP) is 4.86. The van der Waals surface area contributed by atoms with Crippen molar-refractivity contribution in [2.24, 2.45) is 0 Å². The van der Waals surface area contributed by atoms with E-state index in [4.69, 9.17) is 14.2 Å². The van der Waals surface area contributed by atoms with Gasteiger partial charge in [-0.1, -0.05) is 42.1 Å². The number of aromatic nitrogens is 2. The van der Waals surface area contributed by atoms with Gasteiger partial charge in [0.15, 0.2) is 0 Å². The molecule has 1 heterocycles. The van der Waals surface area contributed by atoms with E-state index in [1.165, 1.54) is 22.9 Å². The fourth-order valence-corrected chi connectivity index (χ4v) is 4.40. The van der Waals surface area contributed by atoms with Crippen LogP contribution < -0.4 is 5.32 Å². The van der Waals surface area contributed by atoms with Gasteiger partial charge in [-0.05, 0) is 68.1 Å². The van der Waals surface area contributed by atoms with Crippen molar-refractivity contribution in [3.8, 4) is 11.5 Å². The molecule has 7 nitrogen and oxygen atoms in total. The smallest absolute Gasteiger partial charge is 0.325 e. The van der Waals surface area contributed by atoms with Crippen molar-refractivity contribution in [3.63, 3.8) is 0 Å². The molecule has 1 atom stereocenters. The average molecular weight is 462 g/mol. The lowest BCUT2D eigenvalue weighted by molar-refractivity contribution is 0.371. The topological polar surface area (TPSA) is 108 Å². The second-order valence-corrected chi connectivity index (χ2v) is 10.7. The van der Waals surface area contributed by atoms with E-state index in [1.807, 2.05) is 6.07 Å². The van der Waals surface area contributed by atoms with Crippen LogP contribution in [0.4, 0.5) is 0 Å². The molecule has 1 aromatic heterocycles. The van der Waals surface area contributed by atoms with Crippen molar-refractivity contribution in [1.29, 1.82) is 0 Å². The molecule has 3 aromatic rings. The lowest BCUT2D eigenvalue weighted by Crippen LogP contribution is -2.15. The summed E-state index contributed by atoms with van der Waals surface area (Å²) >= 11 is 1.52. The van der Waals surface area contributed by atoms with Crippen LogP contribution in [0.5, 0.6) is 0 Å². The summed E-state index contributed by atoms with van der Waals surface area (Å²) in [6.45, 7) is 7.46. The summed E-state index contributed by atoms with van der Waals surface area (Å²) < 4.78 is 16.7. The Morgan fingerprint density at radius 3 is 2.52 bits per heavy atom. The van der Waals surface area contributed by atoms with E-state index >= 15 is 0 Å². The molecule has 2 aromatic carbocycles. The van der Waals surface area contributed by atoms with Crippen molar-refractivity contribution < 1.29 is 18.8 Å². The van der Waals surface area contributed by atoms with E-state index in [1.54, 1.807) is 0 Å². The Morgan fingerprint density at radius 1 is 1.10 bits per heavy atom. The molecule has 0 saturated heterocycles. The van der Waals surface area contributed by atoms with Gasteiger partial charge >= 0.3 is 7.60 Å². The van der Waals surface area contributed by atoms with E-state index in [-0.39, 0.29) is 11.4 Å². The second kappa shape index (κ2) is 10.6. The van der Waals surface area contributed by atoms with Gasteiger partial charge < -0.3 is 19.5 Å². The zero-order valence-corrected chi connectivity index (χ0v) is 19.6. The molecule has 0 radical (unpaired) electrons. The number of rotatable bonds is 10. The highest BCUT2D eigenvalue weighted by Gasteiger charge is 2.15. The van der Waals surface area contributed by atoms with Crippen LogP contribution in [0.1, 0.15) is 40.8 Å². The maximum Gasteiger partial charge on any atom is 0.325 e. The van der Waals surface area contributed by atoms with Gasteiger partial charge in [-0.3, -0.25) is 4.57 Å². The maximum absolute atomic E-state index is 10.8. The molecular formula is C22H28N3O4PS. The van der Waals surface area contributed by atoms with Gasteiger partial charge in [0.25, 0.3) is 5.22 Å². The van der Waals surface area contributed by atoms with Crippen LogP contribution in [0.25, 0.3) is 11.5 Å². The predicted molar refractivity (Wildman–Crippen MR) is 123 cm³/mol. The molecule has 0 aliphatic heterocycles. The maximum atomic E-state index is 10.8. The van der Waals surface area contributed by atoms with E-state index < -0.39 is 7.60 Å². The number of hydrogen-bond acceptors (Lipinski definition) is 6. The molecule has 0 spiro atoms. The van der Waals surface area contributed by atoms with Gasteiger partial charge in [0, 0.05) is 17.4 Å². The monoisotopic (exact) mass is 461 g/mol. The first kappa shape index (κ1) is 23.7. The fourth-order valence-electron chi connectivity index (χ4n) is 3.02. The molecule has 166 valence electrons. The summed E-state index contributed by atoms with van der Waals surface area (Å²) in [6.07, 6.45) is 0.360. The van der Waals surface area contributed by atoms with Gasteiger partial charge in [-0.15, -0.1) is 10.2 Å². The lowest BCUT2D eigenvalue weighted by Gasteiger charge is -2.10. The van der Waals surface area contributed by atoms with Crippen LogP contribution >= 0.6 is 19.4 Å². The van der Waals surface area contributed by atoms with Crippen molar-refractivity contribution in [2.75, 3.05) is 12.7 Å². The summed E-state index contributed by atoms with van der Waals surface area (Å²) in [6, 6.07) is 14.4. The molecule has 0 saturated carbocycles. The first-order chi connectivity index (χ1) is 14.7. The van der Waals surface area contributed by atoms with Crippen LogP contribution in [0.15, 0.2) is 52.1 Å². The summed E-state index contributed by atoms with van der Waals surface area (Å²) in [5.41, 5.74) is 5.61. The van der Waals surface area contributed by atoms with Gasteiger partial charge in [-0.25, -0.2) is 0 Å². The molecule has 0 aliphatic carbocycles. The Balaban J connectivity index is 1.51. The van der Waals surface area contributed by atoms with Crippen LogP contribution in [0.3, 0.4) is 0 Å². The Morgan fingerprint density at radius 2 is 1.84 bits per heavy atom. The van der Waals surface area contributed by atoms with Crippen molar-refractivity contribution >= 4 is 19.4 Å². The second-order valence-electron chi connectivity index (χ2n) is 7.59. The van der Waals surface area contributed by atoms with Crippen molar-refractivity contribution in [3.05, 3.63) is 64.7 Å². The molecule has 0 amide bonds. The number of nitrogens with one attached hydrogen (secondary N) is 1. The molecule has 0 bridgehead atoms. The highest BCUT2D eigenvalue weighted by atomic mass is 32.2. The summed E-state index contributed by atoms with van der Waals surface area (Å²) in [7, 11) is -3.90. The number of benzene rings is 2. The zero-order valence-electron chi connectivity index (χ0n) is 17.9. The summed E-state index contributed by atoms with van der Waals surface area (Å²) in [5, 5.41) is 12.3. The Bertz CT molecular complexity index is 1050. The normalized spacial score (nSPS) is 12.8. The Labute approximate surface area is 186 Å². The van der Waals surface area contributed by atoms with E-state index in [2.05, 4.69) is 72.7 Å². The van der Waals surface area contributed by atoms with Crippen LogP contribution in [0.2, 0.25) is 0 Å². The fraction of sp³-hybridized carbons (Fsp3) is 0.364. The lowest BCUT2D eigenvalue weighted by atomic mass is 10.1. The quantitative estimate of drug-likeness (QED) is 0.223. The number of nitrogens with zero attached hydrogens (tertiary/aromatic N) is 2. The molecule has 3 N–H and O–H groups in total. The van der Waals surface area contributed by atoms with Crippen molar-refractivity contribution in [1.82, 2.24) is 15.5 Å². The third-order valence-electron chi connectivity index (χ3n) is 5.02. The third-order valence-corrected chi connectivity index (χ3v) is 6.91. The molecule has 1 unspecified atom stereocenters. The average Bonchev–Trinajstić information content (AvgIpc) is 3.18. The van der Waals surface area contributed by atoms with Gasteiger partial charge in [0.05, 0.1) is 6.16 Å². The number of hydrogen-bond donors (Lipinski definition) is 3.